The third kappa shape index (κ3) is 7.31. The molecular formula is C31H36F3N7O3. The molecule has 1 aliphatic carbocycles. The molecule has 0 amide bonds. The van der Waals surface area contributed by atoms with Gasteiger partial charge in [0.25, 0.3) is 5.88 Å². The van der Waals surface area contributed by atoms with Crippen molar-refractivity contribution in [3.63, 3.8) is 0 Å². The van der Waals surface area contributed by atoms with Gasteiger partial charge in [-0.1, -0.05) is 12.1 Å². The molecule has 3 aromatic rings. The fraction of sp³-hybridized carbons (Fsp3) is 0.548. The first-order valence-electron chi connectivity index (χ1n) is 15.2. The molecule has 4 heterocycles. The number of alkyl halides is 3. The first kappa shape index (κ1) is 30.3. The van der Waals surface area contributed by atoms with Crippen LogP contribution in [0.2, 0.25) is 0 Å². The van der Waals surface area contributed by atoms with E-state index in [9.17, 15) is 13.2 Å². The number of fused-ring (bicyclic) bond motifs is 2. The van der Waals surface area contributed by atoms with Crippen molar-refractivity contribution in [3.8, 4) is 23.1 Å². The molecule has 2 saturated heterocycles. The van der Waals surface area contributed by atoms with E-state index in [0.29, 0.717) is 41.2 Å². The van der Waals surface area contributed by atoms with Gasteiger partial charge in [-0.15, -0.1) is 5.10 Å². The monoisotopic (exact) mass is 611 g/mol. The highest BCUT2D eigenvalue weighted by Gasteiger charge is 2.42. The number of morpholine rings is 1. The lowest BCUT2D eigenvalue weighted by Gasteiger charge is -2.43. The van der Waals surface area contributed by atoms with Crippen molar-refractivity contribution < 1.29 is 27.4 Å². The first-order chi connectivity index (χ1) is 21.4. The first-order valence-corrected chi connectivity index (χ1v) is 15.2. The summed E-state index contributed by atoms with van der Waals surface area (Å²) in [5, 5.41) is 17.0. The topological polar surface area (TPSA) is 110 Å². The number of halogens is 3. The summed E-state index contributed by atoms with van der Waals surface area (Å²) >= 11 is 0. The zero-order valence-electron chi connectivity index (χ0n) is 24.4. The summed E-state index contributed by atoms with van der Waals surface area (Å²) < 4.78 is 55.5. The molecule has 234 valence electrons. The summed E-state index contributed by atoms with van der Waals surface area (Å²) in [5.41, 5.74) is 2.85. The summed E-state index contributed by atoms with van der Waals surface area (Å²) in [4.78, 5) is 11.6. The van der Waals surface area contributed by atoms with Gasteiger partial charge in [-0.3, -0.25) is 9.58 Å². The molecule has 2 aromatic heterocycles. The van der Waals surface area contributed by atoms with Crippen molar-refractivity contribution in [3.05, 3.63) is 48.4 Å². The van der Waals surface area contributed by atoms with Crippen molar-refractivity contribution in [2.45, 2.75) is 75.3 Å². The Hall–Kier alpha value is -3.73. The Labute approximate surface area is 254 Å². The Morgan fingerprint density at radius 2 is 1.57 bits per heavy atom. The minimum atomic E-state index is -4.35. The number of nitrogens with zero attached hydrogens (tertiary/aromatic N) is 6. The van der Waals surface area contributed by atoms with Crippen LogP contribution >= 0.6 is 0 Å². The van der Waals surface area contributed by atoms with Gasteiger partial charge >= 0.3 is 6.18 Å². The molecule has 2 atom stereocenters. The quantitative estimate of drug-likeness (QED) is 0.275. The molecule has 1 N–H and O–H groups in total. The highest BCUT2D eigenvalue weighted by molar-refractivity contribution is 5.64. The standard InChI is InChI=1S/C31H36F3N7O3/c32-31(33,34)20-42-12-1-13-44-29-28(38-30-36-15-23(16-37-30)22-4-2-21(14-35)3-5-22)17-40(39-29)24-6-8-25(9-7-24)41-26-10-11-27(41)19-43-18-26/h2-5,15-17,24-27H,1,6-13,18-20H2,(H,36,37,38)/t24?,25?,26-,27+. The minimum Gasteiger partial charge on any atom is -0.475 e. The third-order valence-electron chi connectivity index (χ3n) is 8.64. The second kappa shape index (κ2) is 13.5. The Morgan fingerprint density at radius 3 is 2.23 bits per heavy atom. The average Bonchev–Trinajstić information content (AvgIpc) is 3.54. The van der Waals surface area contributed by atoms with E-state index < -0.39 is 12.8 Å². The number of anilines is 2. The summed E-state index contributed by atoms with van der Waals surface area (Å²) in [6, 6.07) is 11.1. The van der Waals surface area contributed by atoms with E-state index in [1.807, 2.05) is 23.0 Å². The lowest BCUT2D eigenvalue weighted by molar-refractivity contribution is -0.174. The molecule has 44 heavy (non-hydrogen) atoms. The second-order valence-electron chi connectivity index (χ2n) is 11.6. The summed E-state index contributed by atoms with van der Waals surface area (Å²) in [5.74, 6) is 0.695. The van der Waals surface area contributed by atoms with Gasteiger partial charge in [-0.25, -0.2) is 9.97 Å². The lowest BCUT2D eigenvalue weighted by Crippen LogP contribution is -2.52. The van der Waals surface area contributed by atoms with Crippen LogP contribution in [-0.2, 0) is 9.47 Å². The number of rotatable bonds is 11. The van der Waals surface area contributed by atoms with E-state index in [0.717, 1.165) is 50.0 Å². The van der Waals surface area contributed by atoms with Crippen molar-refractivity contribution in [2.75, 3.05) is 38.4 Å². The van der Waals surface area contributed by atoms with Gasteiger partial charge < -0.3 is 19.5 Å². The van der Waals surface area contributed by atoms with Crippen LogP contribution in [0.4, 0.5) is 24.8 Å². The summed E-state index contributed by atoms with van der Waals surface area (Å²) in [6.07, 6.45) is 7.81. The van der Waals surface area contributed by atoms with Crippen LogP contribution in [0.3, 0.4) is 0 Å². The normalized spacial score (nSPS) is 23.8. The lowest BCUT2D eigenvalue weighted by atomic mass is 9.89. The van der Waals surface area contributed by atoms with Crippen LogP contribution in [0.15, 0.2) is 42.9 Å². The number of nitrogens with one attached hydrogen (secondary N) is 1. The number of hydrogen-bond donors (Lipinski definition) is 1. The molecule has 10 nitrogen and oxygen atoms in total. The zero-order chi connectivity index (χ0) is 30.5. The smallest absolute Gasteiger partial charge is 0.411 e. The largest absolute Gasteiger partial charge is 0.475 e. The molecule has 0 radical (unpaired) electrons. The highest BCUT2D eigenvalue weighted by Crippen LogP contribution is 2.39. The van der Waals surface area contributed by atoms with Gasteiger partial charge in [0, 0.05) is 42.5 Å². The number of hydrogen-bond acceptors (Lipinski definition) is 9. The maximum absolute atomic E-state index is 12.4. The summed E-state index contributed by atoms with van der Waals surface area (Å²) in [6.45, 7) is 0.468. The molecule has 13 heteroatoms. The van der Waals surface area contributed by atoms with E-state index in [1.54, 1.807) is 24.5 Å². The molecular weight excluding hydrogens is 575 g/mol. The van der Waals surface area contributed by atoms with E-state index >= 15 is 0 Å². The molecule has 0 unspecified atom stereocenters. The van der Waals surface area contributed by atoms with E-state index in [1.165, 1.54) is 12.8 Å². The molecule has 1 saturated carbocycles. The molecule has 1 aromatic carbocycles. The number of ether oxygens (including phenoxy) is 3. The van der Waals surface area contributed by atoms with Gasteiger partial charge in [-0.2, -0.15) is 18.4 Å². The molecule has 3 fully saturated rings. The van der Waals surface area contributed by atoms with Gasteiger partial charge in [0.2, 0.25) is 5.95 Å². The number of aromatic nitrogens is 4. The van der Waals surface area contributed by atoms with Crippen LogP contribution < -0.4 is 10.1 Å². The Kier molecular flexibility index (Phi) is 9.30. The fourth-order valence-electron chi connectivity index (χ4n) is 6.55. The average molecular weight is 612 g/mol. The maximum Gasteiger partial charge on any atom is 0.411 e. The predicted octanol–water partition coefficient (Wildman–Crippen LogP) is 5.65. The Bertz CT molecular complexity index is 1400. The van der Waals surface area contributed by atoms with Crippen molar-refractivity contribution in [1.29, 1.82) is 5.26 Å². The number of nitriles is 1. The highest BCUT2D eigenvalue weighted by atomic mass is 19.4. The van der Waals surface area contributed by atoms with Crippen molar-refractivity contribution in [2.24, 2.45) is 0 Å². The van der Waals surface area contributed by atoms with Crippen LogP contribution in [-0.4, -0.2) is 82.0 Å². The zero-order valence-corrected chi connectivity index (χ0v) is 24.4. The predicted molar refractivity (Wildman–Crippen MR) is 155 cm³/mol. The van der Waals surface area contributed by atoms with Gasteiger partial charge in [0.15, 0.2) is 0 Å². The Balaban J connectivity index is 1.11. The molecule has 6 rings (SSSR count). The van der Waals surface area contributed by atoms with Crippen LogP contribution in [0.5, 0.6) is 5.88 Å². The molecule has 0 spiro atoms. The fourth-order valence-corrected chi connectivity index (χ4v) is 6.55. The molecule has 2 aliphatic heterocycles. The Morgan fingerprint density at radius 1 is 0.909 bits per heavy atom. The van der Waals surface area contributed by atoms with Gasteiger partial charge in [0.1, 0.15) is 12.3 Å². The minimum absolute atomic E-state index is 0.0730. The van der Waals surface area contributed by atoms with E-state index in [4.69, 9.17) is 24.6 Å². The van der Waals surface area contributed by atoms with Crippen LogP contribution in [0, 0.1) is 11.3 Å². The number of benzene rings is 1. The molecule has 3 aliphatic rings. The third-order valence-corrected chi connectivity index (χ3v) is 8.64. The van der Waals surface area contributed by atoms with E-state index in [-0.39, 0.29) is 25.7 Å². The summed E-state index contributed by atoms with van der Waals surface area (Å²) in [7, 11) is 0. The van der Waals surface area contributed by atoms with Gasteiger partial charge in [-0.05, 0) is 56.2 Å². The SMILES string of the molecule is N#Cc1ccc(-c2cnc(Nc3cn(C4CCC(N5[C@@H]6CC[C@H]5COC6)CC4)nc3OCCCOCC(F)(F)F)nc2)cc1. The van der Waals surface area contributed by atoms with Gasteiger partial charge in [0.05, 0.1) is 50.3 Å². The van der Waals surface area contributed by atoms with Crippen molar-refractivity contribution in [1.82, 2.24) is 24.6 Å². The van der Waals surface area contributed by atoms with E-state index in [2.05, 4.69) is 26.3 Å². The van der Waals surface area contributed by atoms with Crippen LogP contribution in [0.25, 0.3) is 11.1 Å². The van der Waals surface area contributed by atoms with Crippen molar-refractivity contribution >= 4 is 11.6 Å². The maximum atomic E-state index is 12.4. The molecule has 2 bridgehead atoms. The van der Waals surface area contributed by atoms with Crippen LogP contribution in [0.1, 0.15) is 56.6 Å². The second-order valence-corrected chi connectivity index (χ2v) is 11.6.